The second-order valence-electron chi connectivity index (χ2n) is 7.72. The maximum atomic E-state index is 12.7. The summed E-state index contributed by atoms with van der Waals surface area (Å²) in [4.78, 5) is 16.9. The highest BCUT2D eigenvalue weighted by molar-refractivity contribution is 7.91. The van der Waals surface area contributed by atoms with E-state index in [9.17, 15) is 13.2 Å². The van der Waals surface area contributed by atoms with E-state index in [1.54, 1.807) is 16.9 Å². The van der Waals surface area contributed by atoms with Crippen LogP contribution in [-0.4, -0.2) is 40.6 Å². The Morgan fingerprint density at radius 3 is 2.67 bits per heavy atom. The van der Waals surface area contributed by atoms with E-state index in [1.165, 1.54) is 5.56 Å². The van der Waals surface area contributed by atoms with Crippen molar-refractivity contribution in [1.82, 2.24) is 20.1 Å². The van der Waals surface area contributed by atoms with Gasteiger partial charge < -0.3 is 5.32 Å². The van der Waals surface area contributed by atoms with Crippen LogP contribution >= 0.6 is 0 Å². The predicted molar refractivity (Wildman–Crippen MR) is 115 cm³/mol. The van der Waals surface area contributed by atoms with Crippen molar-refractivity contribution < 1.29 is 13.2 Å². The summed E-state index contributed by atoms with van der Waals surface area (Å²) in [6, 6.07) is 13.0. The normalized spacial score (nSPS) is 17.7. The number of aryl methyl sites for hydroxylation is 2. The summed E-state index contributed by atoms with van der Waals surface area (Å²) < 4.78 is 25.8. The fourth-order valence-electron chi connectivity index (χ4n) is 3.63. The van der Waals surface area contributed by atoms with Gasteiger partial charge in [0, 0.05) is 11.8 Å². The first-order chi connectivity index (χ1) is 14.3. The van der Waals surface area contributed by atoms with Crippen LogP contribution in [0.5, 0.6) is 0 Å². The van der Waals surface area contributed by atoms with Gasteiger partial charge in [-0.15, -0.1) is 0 Å². The van der Waals surface area contributed by atoms with E-state index in [2.05, 4.69) is 15.4 Å². The summed E-state index contributed by atoms with van der Waals surface area (Å²) >= 11 is 0. The molecular weight excluding hydrogens is 400 g/mol. The molecule has 0 aliphatic carbocycles. The smallest absolute Gasteiger partial charge is 0.272 e. The molecule has 156 valence electrons. The van der Waals surface area contributed by atoms with Crippen molar-refractivity contribution in [3.63, 3.8) is 0 Å². The molecule has 8 heteroatoms. The Bertz CT molecular complexity index is 1190. The summed E-state index contributed by atoms with van der Waals surface area (Å²) in [5, 5.41) is 7.36. The Labute approximate surface area is 176 Å². The molecule has 1 fully saturated rings. The molecule has 1 amide bonds. The maximum absolute atomic E-state index is 12.7. The summed E-state index contributed by atoms with van der Waals surface area (Å²) in [5.41, 5.74) is 4.98. The van der Waals surface area contributed by atoms with Gasteiger partial charge in [0.15, 0.2) is 15.5 Å². The van der Waals surface area contributed by atoms with E-state index in [1.807, 2.05) is 50.2 Å². The average Bonchev–Trinajstić information content (AvgIpc) is 3.32. The van der Waals surface area contributed by atoms with Crippen LogP contribution in [0, 0.1) is 13.8 Å². The van der Waals surface area contributed by atoms with E-state index in [-0.39, 0.29) is 29.1 Å². The lowest BCUT2D eigenvalue weighted by Gasteiger charge is -2.14. The van der Waals surface area contributed by atoms with Gasteiger partial charge in [-0.25, -0.2) is 8.42 Å². The second kappa shape index (κ2) is 8.02. The zero-order valence-electron chi connectivity index (χ0n) is 17.0. The average molecular weight is 425 g/mol. The zero-order valence-corrected chi connectivity index (χ0v) is 17.8. The monoisotopic (exact) mass is 424 g/mol. The van der Waals surface area contributed by atoms with Gasteiger partial charge in [0.1, 0.15) is 0 Å². The van der Waals surface area contributed by atoms with Crippen LogP contribution in [0.1, 0.15) is 39.8 Å². The minimum Gasteiger partial charge on any atom is -0.345 e. The molecular formula is C22H24N4O3S. The number of rotatable bonds is 5. The minimum absolute atomic E-state index is 0.0432. The summed E-state index contributed by atoms with van der Waals surface area (Å²) in [5.74, 6) is -0.127. The number of nitrogens with zero attached hydrogens (tertiary/aromatic N) is 3. The SMILES string of the molecule is Cc1ccc(-c2cc(C(=O)NCc3ccccn3)nn2[C@@H]2CCS(=O)(=O)C2)cc1C. The highest BCUT2D eigenvalue weighted by Gasteiger charge is 2.32. The molecule has 0 spiro atoms. The van der Waals surface area contributed by atoms with Gasteiger partial charge in [0.2, 0.25) is 0 Å². The second-order valence-corrected chi connectivity index (χ2v) is 9.95. The lowest BCUT2D eigenvalue weighted by molar-refractivity contribution is 0.0944. The van der Waals surface area contributed by atoms with Crippen LogP contribution < -0.4 is 5.32 Å². The van der Waals surface area contributed by atoms with Crippen LogP contribution in [0.4, 0.5) is 0 Å². The third kappa shape index (κ3) is 4.28. The Hall–Kier alpha value is -3.00. The molecule has 2 aromatic heterocycles. The van der Waals surface area contributed by atoms with Crippen molar-refractivity contribution in [1.29, 1.82) is 0 Å². The lowest BCUT2D eigenvalue weighted by Crippen LogP contribution is -2.24. The van der Waals surface area contributed by atoms with E-state index in [4.69, 9.17) is 0 Å². The molecule has 1 N–H and O–H groups in total. The number of carbonyl (C=O) groups excluding carboxylic acids is 1. The molecule has 0 saturated carbocycles. The Kier molecular flexibility index (Phi) is 5.42. The van der Waals surface area contributed by atoms with E-state index >= 15 is 0 Å². The molecule has 1 aliphatic heterocycles. The molecule has 1 atom stereocenters. The quantitative estimate of drug-likeness (QED) is 0.680. The highest BCUT2D eigenvalue weighted by atomic mass is 32.2. The minimum atomic E-state index is -3.08. The molecule has 3 heterocycles. The van der Waals surface area contributed by atoms with Crippen molar-refractivity contribution in [2.45, 2.75) is 32.9 Å². The van der Waals surface area contributed by atoms with Crippen molar-refractivity contribution in [3.8, 4) is 11.3 Å². The fourth-order valence-corrected chi connectivity index (χ4v) is 5.32. The number of pyridine rings is 1. The predicted octanol–water partition coefficient (Wildman–Crippen LogP) is 2.85. The molecule has 4 rings (SSSR count). The molecule has 1 saturated heterocycles. The molecule has 0 radical (unpaired) electrons. The molecule has 1 aromatic carbocycles. The zero-order chi connectivity index (χ0) is 21.3. The van der Waals surface area contributed by atoms with Gasteiger partial charge in [0.25, 0.3) is 5.91 Å². The molecule has 0 unspecified atom stereocenters. The molecule has 0 bridgehead atoms. The van der Waals surface area contributed by atoms with Gasteiger partial charge >= 0.3 is 0 Å². The summed E-state index contributed by atoms with van der Waals surface area (Å²) in [6.07, 6.45) is 2.17. The third-order valence-electron chi connectivity index (χ3n) is 5.48. The Morgan fingerprint density at radius 1 is 1.17 bits per heavy atom. The van der Waals surface area contributed by atoms with Crippen LogP contribution in [0.25, 0.3) is 11.3 Å². The van der Waals surface area contributed by atoms with E-state index < -0.39 is 9.84 Å². The van der Waals surface area contributed by atoms with Crippen molar-refractivity contribution in [2.24, 2.45) is 0 Å². The summed E-state index contributed by atoms with van der Waals surface area (Å²) in [7, 11) is -3.08. The maximum Gasteiger partial charge on any atom is 0.272 e. The first-order valence-electron chi connectivity index (χ1n) is 9.88. The van der Waals surface area contributed by atoms with Gasteiger partial charge in [0.05, 0.1) is 35.5 Å². The van der Waals surface area contributed by atoms with E-state index in [0.29, 0.717) is 13.0 Å². The van der Waals surface area contributed by atoms with Gasteiger partial charge in [-0.1, -0.05) is 18.2 Å². The molecule has 30 heavy (non-hydrogen) atoms. The van der Waals surface area contributed by atoms with Crippen LogP contribution in [-0.2, 0) is 16.4 Å². The van der Waals surface area contributed by atoms with Crippen molar-refractivity contribution in [2.75, 3.05) is 11.5 Å². The first-order valence-corrected chi connectivity index (χ1v) is 11.7. The number of carbonyl (C=O) groups is 1. The van der Waals surface area contributed by atoms with Crippen molar-refractivity contribution in [3.05, 3.63) is 71.2 Å². The number of amides is 1. The van der Waals surface area contributed by atoms with Crippen LogP contribution in [0.15, 0.2) is 48.7 Å². The van der Waals surface area contributed by atoms with Gasteiger partial charge in [-0.05, 0) is 55.7 Å². The van der Waals surface area contributed by atoms with Crippen LogP contribution in [0.2, 0.25) is 0 Å². The standard InChI is InChI=1S/C22H24N4O3S/c1-15-6-7-17(11-16(15)2)21-12-20(22(27)24-13-18-5-3-4-9-23-18)25-26(21)19-8-10-30(28,29)14-19/h3-7,9,11-12,19H,8,10,13-14H2,1-2H3,(H,24,27)/t19-/m1/s1. The molecule has 7 nitrogen and oxygen atoms in total. The number of hydrogen-bond donors (Lipinski definition) is 1. The van der Waals surface area contributed by atoms with Crippen molar-refractivity contribution >= 4 is 15.7 Å². The summed E-state index contributed by atoms with van der Waals surface area (Å²) in [6.45, 7) is 4.36. The van der Waals surface area contributed by atoms with E-state index in [0.717, 1.165) is 22.5 Å². The van der Waals surface area contributed by atoms with Crippen LogP contribution in [0.3, 0.4) is 0 Å². The third-order valence-corrected chi connectivity index (χ3v) is 7.23. The number of sulfone groups is 1. The first kappa shape index (κ1) is 20.3. The Balaban J connectivity index is 1.66. The number of aromatic nitrogens is 3. The topological polar surface area (TPSA) is 93.9 Å². The number of benzene rings is 1. The molecule has 1 aliphatic rings. The number of nitrogens with one attached hydrogen (secondary N) is 1. The largest absolute Gasteiger partial charge is 0.345 e. The molecule has 3 aromatic rings. The van der Waals surface area contributed by atoms with Gasteiger partial charge in [-0.3, -0.25) is 14.5 Å². The van der Waals surface area contributed by atoms with Gasteiger partial charge in [-0.2, -0.15) is 5.10 Å². The lowest BCUT2D eigenvalue weighted by atomic mass is 10.0. The number of hydrogen-bond acceptors (Lipinski definition) is 5. The highest BCUT2D eigenvalue weighted by Crippen LogP contribution is 2.31. The Morgan fingerprint density at radius 2 is 2.00 bits per heavy atom. The fraction of sp³-hybridized carbons (Fsp3) is 0.318.